The van der Waals surface area contributed by atoms with Gasteiger partial charge in [-0.25, -0.2) is 14.8 Å². The van der Waals surface area contributed by atoms with E-state index in [0.29, 0.717) is 5.00 Å². The van der Waals surface area contributed by atoms with Crippen LogP contribution in [0.4, 0.5) is 5.00 Å². The fourth-order valence-electron chi connectivity index (χ4n) is 1.56. The second-order valence-electron chi connectivity index (χ2n) is 3.77. The molecule has 0 aliphatic carbocycles. The summed E-state index contributed by atoms with van der Waals surface area (Å²) in [6, 6.07) is 0. The van der Waals surface area contributed by atoms with Crippen LogP contribution in [0.15, 0.2) is 24.2 Å². The van der Waals surface area contributed by atoms with Crippen LogP contribution in [0.1, 0.15) is 23.3 Å². The first-order valence-electron chi connectivity index (χ1n) is 5.64. The Balaban J connectivity index is 1.69. The number of carbonyl (C=O) groups is 1. The predicted octanol–water partition coefficient (Wildman–Crippen LogP) is 1.93. The molecule has 2 aromatic heterocycles. The summed E-state index contributed by atoms with van der Waals surface area (Å²) >= 11 is 1.32. The number of rotatable bonds is 7. The van der Waals surface area contributed by atoms with Gasteiger partial charge in [0.15, 0.2) is 5.69 Å². The normalized spacial score (nSPS) is 10.4. The van der Waals surface area contributed by atoms with E-state index in [2.05, 4.69) is 15.3 Å². The lowest BCUT2D eigenvalue weighted by molar-refractivity contribution is 0.0692. The maximum absolute atomic E-state index is 10.8. The molecule has 0 amide bonds. The molecule has 0 fully saturated rings. The zero-order chi connectivity index (χ0) is 12.8. The van der Waals surface area contributed by atoms with Crippen molar-refractivity contribution in [1.82, 2.24) is 14.5 Å². The van der Waals surface area contributed by atoms with Crippen molar-refractivity contribution >= 4 is 22.3 Å². The summed E-state index contributed by atoms with van der Waals surface area (Å²) in [7, 11) is 0. The Kier molecular flexibility index (Phi) is 4.30. The third kappa shape index (κ3) is 3.30. The Morgan fingerprint density at radius 1 is 1.50 bits per heavy atom. The quantitative estimate of drug-likeness (QED) is 0.748. The molecular weight excluding hydrogens is 252 g/mol. The minimum Gasteiger partial charge on any atom is -0.476 e. The van der Waals surface area contributed by atoms with E-state index in [0.717, 1.165) is 25.9 Å². The number of nitrogens with zero attached hydrogens (tertiary/aromatic N) is 3. The van der Waals surface area contributed by atoms with Crippen molar-refractivity contribution < 1.29 is 9.90 Å². The molecule has 0 aromatic carbocycles. The van der Waals surface area contributed by atoms with Gasteiger partial charge in [-0.15, -0.1) is 11.3 Å². The second kappa shape index (κ2) is 6.15. The van der Waals surface area contributed by atoms with Gasteiger partial charge in [0.05, 0.1) is 11.8 Å². The minimum absolute atomic E-state index is 0.106. The molecule has 0 saturated heterocycles. The smallest absolute Gasteiger partial charge is 0.357 e. The first kappa shape index (κ1) is 12.6. The molecule has 0 aliphatic heterocycles. The Morgan fingerprint density at radius 2 is 2.39 bits per heavy atom. The van der Waals surface area contributed by atoms with Crippen LogP contribution in [-0.2, 0) is 6.54 Å². The van der Waals surface area contributed by atoms with Crippen molar-refractivity contribution in [2.24, 2.45) is 0 Å². The average molecular weight is 266 g/mol. The Bertz CT molecular complexity index is 495. The number of aromatic nitrogens is 3. The van der Waals surface area contributed by atoms with Crippen molar-refractivity contribution in [2.45, 2.75) is 19.4 Å². The van der Waals surface area contributed by atoms with Crippen LogP contribution in [0.3, 0.4) is 0 Å². The highest BCUT2D eigenvalue weighted by atomic mass is 32.1. The predicted molar refractivity (Wildman–Crippen MR) is 69.0 cm³/mol. The van der Waals surface area contributed by atoms with Gasteiger partial charge in [0.2, 0.25) is 0 Å². The number of hydrogen-bond donors (Lipinski definition) is 2. The van der Waals surface area contributed by atoms with E-state index in [9.17, 15) is 4.79 Å². The van der Waals surface area contributed by atoms with E-state index in [1.54, 1.807) is 12.5 Å². The van der Waals surface area contributed by atoms with Crippen LogP contribution in [0.5, 0.6) is 0 Å². The molecule has 2 N–H and O–H groups in total. The first-order valence-corrected chi connectivity index (χ1v) is 6.51. The minimum atomic E-state index is -0.989. The van der Waals surface area contributed by atoms with Gasteiger partial charge in [-0.05, 0) is 12.8 Å². The SMILES string of the molecule is O=C(O)c1ncsc1NCCCCn1ccnc1. The number of hydrogen-bond acceptors (Lipinski definition) is 5. The van der Waals surface area contributed by atoms with Gasteiger partial charge < -0.3 is 15.0 Å². The molecule has 2 rings (SSSR count). The monoisotopic (exact) mass is 266 g/mol. The molecule has 0 atom stereocenters. The van der Waals surface area contributed by atoms with E-state index in [1.165, 1.54) is 16.8 Å². The van der Waals surface area contributed by atoms with Crippen LogP contribution >= 0.6 is 11.3 Å². The summed E-state index contributed by atoms with van der Waals surface area (Å²) in [4.78, 5) is 18.6. The van der Waals surface area contributed by atoms with Crippen LogP contribution in [0, 0.1) is 0 Å². The van der Waals surface area contributed by atoms with Crippen LogP contribution in [-0.4, -0.2) is 32.2 Å². The molecular formula is C11H14N4O2S. The van der Waals surface area contributed by atoms with E-state index >= 15 is 0 Å². The van der Waals surface area contributed by atoms with E-state index in [-0.39, 0.29) is 5.69 Å². The second-order valence-corrected chi connectivity index (χ2v) is 4.62. The maximum Gasteiger partial charge on any atom is 0.357 e. The number of unbranched alkanes of at least 4 members (excludes halogenated alkanes) is 1. The largest absolute Gasteiger partial charge is 0.476 e. The molecule has 0 aliphatic rings. The number of aryl methyl sites for hydroxylation is 1. The summed E-state index contributed by atoms with van der Waals surface area (Å²) in [5.74, 6) is -0.989. The van der Waals surface area contributed by atoms with Crippen molar-refractivity contribution in [2.75, 3.05) is 11.9 Å². The highest BCUT2D eigenvalue weighted by molar-refractivity contribution is 7.14. The lowest BCUT2D eigenvalue weighted by Crippen LogP contribution is -2.07. The molecule has 0 radical (unpaired) electrons. The van der Waals surface area contributed by atoms with Gasteiger partial charge in [0.25, 0.3) is 0 Å². The number of thiazole rings is 1. The van der Waals surface area contributed by atoms with Crippen molar-refractivity contribution in [3.63, 3.8) is 0 Å². The maximum atomic E-state index is 10.8. The van der Waals surface area contributed by atoms with Gasteiger partial charge in [-0.1, -0.05) is 0 Å². The molecule has 2 aromatic rings. The summed E-state index contributed by atoms with van der Waals surface area (Å²) in [5, 5.41) is 12.6. The third-order valence-electron chi connectivity index (χ3n) is 2.46. The van der Waals surface area contributed by atoms with E-state index in [4.69, 9.17) is 5.11 Å². The molecule has 18 heavy (non-hydrogen) atoms. The lowest BCUT2D eigenvalue weighted by Gasteiger charge is -2.05. The van der Waals surface area contributed by atoms with Gasteiger partial charge >= 0.3 is 5.97 Å². The number of carboxylic acid groups (broad SMARTS) is 1. The summed E-state index contributed by atoms with van der Waals surface area (Å²) < 4.78 is 2.02. The Hall–Kier alpha value is -1.89. The first-order chi connectivity index (χ1) is 8.77. The lowest BCUT2D eigenvalue weighted by atomic mass is 10.3. The zero-order valence-corrected chi connectivity index (χ0v) is 10.6. The van der Waals surface area contributed by atoms with Gasteiger partial charge in [0.1, 0.15) is 5.00 Å². The standard InChI is InChI=1S/C11H14N4O2S/c16-11(17)9-10(18-8-14-9)13-3-1-2-5-15-6-4-12-7-15/h4,6-8,13H,1-3,5H2,(H,16,17). The Labute approximate surface area is 108 Å². The number of imidazole rings is 1. The molecule has 0 spiro atoms. The van der Waals surface area contributed by atoms with Gasteiger partial charge in [-0.2, -0.15) is 0 Å². The number of anilines is 1. The van der Waals surface area contributed by atoms with Gasteiger partial charge in [0, 0.05) is 25.5 Å². The van der Waals surface area contributed by atoms with E-state index < -0.39 is 5.97 Å². The zero-order valence-electron chi connectivity index (χ0n) is 9.74. The van der Waals surface area contributed by atoms with Crippen molar-refractivity contribution in [1.29, 1.82) is 0 Å². The summed E-state index contributed by atoms with van der Waals surface area (Å²) in [6.45, 7) is 1.67. The molecule has 0 bridgehead atoms. The molecule has 96 valence electrons. The molecule has 2 heterocycles. The van der Waals surface area contributed by atoms with E-state index in [1.807, 2.05) is 10.8 Å². The van der Waals surface area contributed by atoms with Crippen molar-refractivity contribution in [3.05, 3.63) is 29.9 Å². The molecule has 0 saturated carbocycles. The Morgan fingerprint density at radius 3 is 3.11 bits per heavy atom. The summed E-state index contributed by atoms with van der Waals surface area (Å²) in [6.07, 6.45) is 7.46. The molecule has 0 unspecified atom stereocenters. The highest BCUT2D eigenvalue weighted by Crippen LogP contribution is 2.19. The van der Waals surface area contributed by atoms with Crippen LogP contribution in [0.25, 0.3) is 0 Å². The average Bonchev–Trinajstić information content (AvgIpc) is 2.98. The fourth-order valence-corrected chi connectivity index (χ4v) is 2.26. The van der Waals surface area contributed by atoms with Crippen LogP contribution < -0.4 is 5.32 Å². The summed E-state index contributed by atoms with van der Waals surface area (Å²) in [5.41, 5.74) is 1.65. The van der Waals surface area contributed by atoms with Crippen LogP contribution in [0.2, 0.25) is 0 Å². The molecule has 7 heteroatoms. The van der Waals surface area contributed by atoms with Crippen molar-refractivity contribution in [3.8, 4) is 0 Å². The third-order valence-corrected chi connectivity index (χ3v) is 3.24. The fraction of sp³-hybridized carbons (Fsp3) is 0.364. The highest BCUT2D eigenvalue weighted by Gasteiger charge is 2.12. The number of aromatic carboxylic acids is 1. The number of carboxylic acids is 1. The molecule has 6 nitrogen and oxygen atoms in total. The van der Waals surface area contributed by atoms with Gasteiger partial charge in [-0.3, -0.25) is 0 Å². The topological polar surface area (TPSA) is 80.0 Å². The number of nitrogens with one attached hydrogen (secondary N) is 1.